The minimum Gasteiger partial charge on any atom is -0.455 e. The third-order valence-electron chi connectivity index (χ3n) is 5.78. The molecule has 4 aromatic carbocycles. The number of nitro benzene ring substituents is 2. The number of alkyl halides is 6. The van der Waals surface area contributed by atoms with Gasteiger partial charge >= 0.3 is 12.4 Å². The molecule has 0 heterocycles. The van der Waals surface area contributed by atoms with Crippen LogP contribution in [0.2, 0.25) is 0 Å². The van der Waals surface area contributed by atoms with E-state index < -0.39 is 44.7 Å². The molecule has 0 N–H and O–H groups in total. The number of nitro groups is 2. The zero-order chi connectivity index (χ0) is 30.3. The Balaban J connectivity index is 1.82. The Labute approximate surface area is 253 Å². The first kappa shape index (κ1) is 30.5. The molecule has 7 nitrogen and oxygen atoms in total. The summed E-state index contributed by atoms with van der Waals surface area (Å²) in [6, 6.07) is 12.3. The molecule has 212 valence electrons. The molecule has 0 fully saturated rings. The Hall–Kier alpha value is -3.48. The first-order valence-electron chi connectivity index (χ1n) is 11.1. The van der Waals surface area contributed by atoms with E-state index in [1.54, 1.807) is 45.2 Å². The SMILES string of the molecule is O=[N+]([O-])c1ccc(Oc2ccc([N+](=O)[O-])c(-c3ccc(C(F)(F)F)cc3)c2I)c(I)c1-c1ccc(C(F)(F)F)cc1. The monoisotopic (exact) mass is 800 g/mol. The molecular weight excluding hydrogens is 788 g/mol. The molecule has 0 aliphatic rings. The lowest BCUT2D eigenvalue weighted by Gasteiger charge is -2.16. The molecule has 0 aromatic heterocycles. The van der Waals surface area contributed by atoms with E-state index in [0.29, 0.717) is 0 Å². The van der Waals surface area contributed by atoms with Crippen molar-refractivity contribution in [2.24, 2.45) is 0 Å². The van der Waals surface area contributed by atoms with Gasteiger partial charge in [-0.3, -0.25) is 20.2 Å². The number of halogens is 8. The second-order valence-corrected chi connectivity index (χ2v) is 10.5. The Morgan fingerprint density at radius 3 is 1.15 bits per heavy atom. The van der Waals surface area contributed by atoms with Crippen molar-refractivity contribution in [2.45, 2.75) is 12.4 Å². The lowest BCUT2D eigenvalue weighted by Crippen LogP contribution is -2.04. The van der Waals surface area contributed by atoms with Gasteiger partial charge in [0.05, 0.1) is 39.2 Å². The quantitative estimate of drug-likeness (QED) is 0.0838. The fourth-order valence-electron chi connectivity index (χ4n) is 3.87. The summed E-state index contributed by atoms with van der Waals surface area (Å²) in [6.45, 7) is 0. The van der Waals surface area contributed by atoms with E-state index in [0.717, 1.165) is 60.7 Å². The number of nitrogens with zero attached hydrogens (tertiary/aromatic N) is 2. The van der Waals surface area contributed by atoms with Gasteiger partial charge in [-0.2, -0.15) is 26.3 Å². The highest BCUT2D eigenvalue weighted by Crippen LogP contribution is 2.45. The fraction of sp³-hybridized carbons (Fsp3) is 0.0769. The normalized spacial score (nSPS) is 11.8. The predicted molar refractivity (Wildman–Crippen MR) is 153 cm³/mol. The molecule has 0 saturated carbocycles. The van der Waals surface area contributed by atoms with Gasteiger partial charge in [0, 0.05) is 12.1 Å². The van der Waals surface area contributed by atoms with Crippen LogP contribution in [-0.4, -0.2) is 9.85 Å². The molecule has 41 heavy (non-hydrogen) atoms. The van der Waals surface area contributed by atoms with Crippen molar-refractivity contribution in [1.82, 2.24) is 0 Å². The Bertz CT molecular complexity index is 1530. The standard InChI is InChI=1S/C26H12F6I2N2O5/c27-25(28,29)15-5-1-13(2-6-15)21-17(35(37)38)9-11-19(23(21)33)41-20-12-10-18(36(39)40)22(24(20)34)14-3-7-16(8-4-14)26(30,31)32/h1-12H. The van der Waals surface area contributed by atoms with Crippen LogP contribution < -0.4 is 4.74 Å². The van der Waals surface area contributed by atoms with Crippen LogP contribution in [0.4, 0.5) is 37.7 Å². The van der Waals surface area contributed by atoms with Crippen molar-refractivity contribution in [3.8, 4) is 33.8 Å². The van der Waals surface area contributed by atoms with Crippen molar-refractivity contribution in [1.29, 1.82) is 0 Å². The van der Waals surface area contributed by atoms with Crippen molar-refractivity contribution >= 4 is 56.6 Å². The van der Waals surface area contributed by atoms with Gasteiger partial charge in [-0.1, -0.05) is 24.3 Å². The third kappa shape index (κ3) is 6.39. The van der Waals surface area contributed by atoms with Crippen LogP contribution in [0.25, 0.3) is 22.3 Å². The molecule has 0 unspecified atom stereocenters. The summed E-state index contributed by atoms with van der Waals surface area (Å²) in [5.41, 5.74) is -2.48. The Morgan fingerprint density at radius 2 is 0.878 bits per heavy atom. The van der Waals surface area contributed by atoms with E-state index in [1.807, 2.05) is 0 Å². The molecule has 0 aliphatic heterocycles. The van der Waals surface area contributed by atoms with Crippen LogP contribution in [0.1, 0.15) is 11.1 Å². The maximum Gasteiger partial charge on any atom is 0.416 e. The number of hydrogen-bond donors (Lipinski definition) is 0. The molecule has 0 amide bonds. The number of hydrogen-bond acceptors (Lipinski definition) is 5. The molecule has 4 rings (SSSR count). The summed E-state index contributed by atoms with van der Waals surface area (Å²) in [4.78, 5) is 22.1. The number of benzene rings is 4. The highest BCUT2D eigenvalue weighted by molar-refractivity contribution is 14.1. The van der Waals surface area contributed by atoms with Gasteiger partial charge in [0.2, 0.25) is 0 Å². The molecular formula is C26H12F6I2N2O5. The van der Waals surface area contributed by atoms with Gasteiger partial charge in [-0.15, -0.1) is 0 Å². The van der Waals surface area contributed by atoms with E-state index in [1.165, 1.54) is 12.1 Å². The zero-order valence-electron chi connectivity index (χ0n) is 19.9. The summed E-state index contributed by atoms with van der Waals surface area (Å²) in [5, 5.41) is 23.5. The summed E-state index contributed by atoms with van der Waals surface area (Å²) in [7, 11) is 0. The minimum absolute atomic E-state index is 0.0123. The van der Waals surface area contributed by atoms with Crippen LogP contribution in [-0.2, 0) is 12.4 Å². The van der Waals surface area contributed by atoms with E-state index in [2.05, 4.69) is 0 Å². The van der Waals surface area contributed by atoms with E-state index in [4.69, 9.17) is 4.74 Å². The Kier molecular flexibility index (Phi) is 8.49. The molecule has 0 aliphatic carbocycles. The van der Waals surface area contributed by atoms with Crippen LogP contribution in [0.15, 0.2) is 72.8 Å². The summed E-state index contributed by atoms with van der Waals surface area (Å²) in [5.74, 6) is 0.104. The topological polar surface area (TPSA) is 95.5 Å². The average molecular weight is 800 g/mol. The van der Waals surface area contributed by atoms with Gasteiger partial charge in [-0.05, 0) is 92.7 Å². The highest BCUT2D eigenvalue weighted by Gasteiger charge is 2.32. The molecule has 15 heteroatoms. The van der Waals surface area contributed by atoms with Crippen LogP contribution in [0.5, 0.6) is 11.5 Å². The molecule has 0 saturated heterocycles. The van der Waals surface area contributed by atoms with Crippen molar-refractivity contribution < 1.29 is 40.9 Å². The molecule has 0 spiro atoms. The van der Waals surface area contributed by atoms with Gasteiger partial charge in [0.25, 0.3) is 11.4 Å². The molecule has 0 atom stereocenters. The van der Waals surface area contributed by atoms with Crippen molar-refractivity contribution in [3.63, 3.8) is 0 Å². The lowest BCUT2D eigenvalue weighted by molar-refractivity contribution is -0.384. The highest BCUT2D eigenvalue weighted by atomic mass is 127. The number of rotatable bonds is 6. The average Bonchev–Trinajstić information content (AvgIpc) is 2.89. The third-order valence-corrected chi connectivity index (χ3v) is 7.93. The van der Waals surface area contributed by atoms with Crippen LogP contribution >= 0.6 is 45.2 Å². The smallest absolute Gasteiger partial charge is 0.416 e. The summed E-state index contributed by atoms with van der Waals surface area (Å²) in [6.07, 6.45) is -9.22. The largest absolute Gasteiger partial charge is 0.455 e. The van der Waals surface area contributed by atoms with Gasteiger partial charge in [0.1, 0.15) is 11.5 Å². The van der Waals surface area contributed by atoms with E-state index in [-0.39, 0.29) is 40.9 Å². The van der Waals surface area contributed by atoms with Crippen molar-refractivity contribution in [2.75, 3.05) is 0 Å². The van der Waals surface area contributed by atoms with Crippen molar-refractivity contribution in [3.05, 3.63) is 111 Å². The predicted octanol–water partition coefficient (Wildman–Crippen LogP) is 9.88. The number of ether oxygens (including phenoxy) is 1. The Morgan fingerprint density at radius 1 is 0.561 bits per heavy atom. The maximum atomic E-state index is 13.0. The second kappa shape index (κ2) is 11.4. The lowest BCUT2D eigenvalue weighted by atomic mass is 10.0. The minimum atomic E-state index is -4.61. The first-order valence-corrected chi connectivity index (χ1v) is 13.2. The van der Waals surface area contributed by atoms with Crippen LogP contribution in [0, 0.1) is 27.4 Å². The van der Waals surface area contributed by atoms with Gasteiger partial charge in [0.15, 0.2) is 0 Å². The molecule has 4 aromatic rings. The fourth-order valence-corrected chi connectivity index (χ4v) is 5.63. The van der Waals surface area contributed by atoms with E-state index in [9.17, 15) is 46.6 Å². The molecule has 0 radical (unpaired) electrons. The van der Waals surface area contributed by atoms with Gasteiger partial charge < -0.3 is 4.74 Å². The van der Waals surface area contributed by atoms with Gasteiger partial charge in [-0.25, -0.2) is 0 Å². The zero-order valence-corrected chi connectivity index (χ0v) is 24.2. The first-order chi connectivity index (χ1) is 19.1. The summed E-state index contributed by atoms with van der Waals surface area (Å²) < 4.78 is 84.5. The van der Waals surface area contributed by atoms with E-state index >= 15 is 0 Å². The second-order valence-electron chi connectivity index (χ2n) is 8.31. The van der Waals surface area contributed by atoms with Crippen LogP contribution in [0.3, 0.4) is 0 Å². The molecule has 0 bridgehead atoms. The maximum absolute atomic E-state index is 13.0. The summed E-state index contributed by atoms with van der Waals surface area (Å²) >= 11 is 3.49.